The molecule has 5 nitrogen and oxygen atoms in total. The Bertz CT molecular complexity index is 372. The van der Waals surface area contributed by atoms with Crippen molar-refractivity contribution in [3.8, 4) is 0 Å². The predicted molar refractivity (Wildman–Crippen MR) is 93.7 cm³/mol. The van der Waals surface area contributed by atoms with Gasteiger partial charge in [-0.3, -0.25) is 9.59 Å². The third-order valence-electron chi connectivity index (χ3n) is 4.03. The molecule has 0 atom stereocenters. The largest absolute Gasteiger partial charge is 0.463 e. The van der Waals surface area contributed by atoms with Crippen LogP contribution in [-0.4, -0.2) is 39.6 Å². The zero-order valence-corrected chi connectivity index (χ0v) is 17.2. The molecule has 0 heterocycles. The van der Waals surface area contributed by atoms with Gasteiger partial charge in [-0.15, -0.1) is 0 Å². The molecule has 0 aliphatic rings. The average Bonchev–Trinajstić information content (AvgIpc) is 2.39. The molecule has 0 rings (SSSR count). The molecular weight excluding hydrogens is 312 g/mol. The van der Waals surface area contributed by atoms with Crippen LogP contribution in [0, 0.1) is 11.8 Å². The molecule has 0 aromatic carbocycles. The standard InChI is InChI=1S/C17H34O5Si/c1-12(2)15(18)20-10-14(11-21-16(19)13(3)4)22-23(8,9)17(5,6)7/h12-14H,10-11H2,1-9H3. The molecule has 136 valence electrons. The third-order valence-corrected chi connectivity index (χ3v) is 8.57. The number of carbonyl (C=O) groups is 2. The molecule has 0 saturated heterocycles. The maximum Gasteiger partial charge on any atom is 0.308 e. The summed E-state index contributed by atoms with van der Waals surface area (Å²) in [5.41, 5.74) is 0. The smallest absolute Gasteiger partial charge is 0.308 e. The van der Waals surface area contributed by atoms with Gasteiger partial charge in [0.15, 0.2) is 8.32 Å². The van der Waals surface area contributed by atoms with Gasteiger partial charge in [-0.1, -0.05) is 48.5 Å². The first-order valence-corrected chi connectivity index (χ1v) is 11.2. The van der Waals surface area contributed by atoms with Crippen LogP contribution in [0.1, 0.15) is 48.5 Å². The second kappa shape index (κ2) is 8.83. The minimum Gasteiger partial charge on any atom is -0.463 e. The number of rotatable bonds is 8. The van der Waals surface area contributed by atoms with Gasteiger partial charge < -0.3 is 13.9 Å². The fraction of sp³-hybridized carbons (Fsp3) is 0.882. The molecule has 0 aromatic rings. The Kier molecular flexibility index (Phi) is 8.49. The minimum atomic E-state index is -2.05. The lowest BCUT2D eigenvalue weighted by molar-refractivity contribution is -0.155. The Hall–Kier alpha value is -0.883. The molecule has 0 aromatic heterocycles. The van der Waals surface area contributed by atoms with E-state index in [0.717, 1.165) is 0 Å². The van der Waals surface area contributed by atoms with Gasteiger partial charge in [-0.2, -0.15) is 0 Å². The topological polar surface area (TPSA) is 61.8 Å². The summed E-state index contributed by atoms with van der Waals surface area (Å²) in [6, 6.07) is 0. The Morgan fingerprint density at radius 3 is 1.48 bits per heavy atom. The van der Waals surface area contributed by atoms with Crippen molar-refractivity contribution in [2.45, 2.75) is 72.7 Å². The van der Waals surface area contributed by atoms with Crippen molar-refractivity contribution in [3.63, 3.8) is 0 Å². The van der Waals surface area contributed by atoms with Crippen LogP contribution in [-0.2, 0) is 23.5 Å². The third kappa shape index (κ3) is 7.97. The Morgan fingerprint density at radius 1 is 0.870 bits per heavy atom. The van der Waals surface area contributed by atoms with Crippen LogP contribution in [0.2, 0.25) is 18.1 Å². The van der Waals surface area contributed by atoms with Crippen LogP contribution < -0.4 is 0 Å². The van der Waals surface area contributed by atoms with Crippen molar-refractivity contribution in [1.29, 1.82) is 0 Å². The maximum absolute atomic E-state index is 11.7. The number of hydrogen-bond acceptors (Lipinski definition) is 5. The number of hydrogen-bond donors (Lipinski definition) is 0. The van der Waals surface area contributed by atoms with Crippen molar-refractivity contribution in [1.82, 2.24) is 0 Å². The molecule has 0 fully saturated rings. The molecule has 0 amide bonds. The summed E-state index contributed by atoms with van der Waals surface area (Å²) < 4.78 is 16.8. The first kappa shape index (κ1) is 22.1. The number of ether oxygens (including phenoxy) is 2. The van der Waals surface area contributed by atoms with Crippen LogP contribution in [0.15, 0.2) is 0 Å². The highest BCUT2D eigenvalue weighted by molar-refractivity contribution is 6.74. The summed E-state index contributed by atoms with van der Waals surface area (Å²) in [4.78, 5) is 23.4. The lowest BCUT2D eigenvalue weighted by atomic mass is 10.2. The number of esters is 2. The quantitative estimate of drug-likeness (QED) is 0.494. The van der Waals surface area contributed by atoms with E-state index in [0.29, 0.717) is 0 Å². The minimum absolute atomic E-state index is 0.0232. The molecule has 0 spiro atoms. The van der Waals surface area contributed by atoms with Gasteiger partial charge in [0.25, 0.3) is 0 Å². The van der Waals surface area contributed by atoms with Crippen molar-refractivity contribution < 1.29 is 23.5 Å². The number of carbonyl (C=O) groups excluding carboxylic acids is 2. The summed E-state index contributed by atoms with van der Waals surface area (Å²) in [6.45, 7) is 18.0. The van der Waals surface area contributed by atoms with Crippen LogP contribution in [0.5, 0.6) is 0 Å². The van der Waals surface area contributed by atoms with E-state index in [9.17, 15) is 9.59 Å². The fourth-order valence-corrected chi connectivity index (χ4v) is 2.72. The zero-order valence-electron chi connectivity index (χ0n) is 16.2. The van der Waals surface area contributed by atoms with Crippen molar-refractivity contribution in [3.05, 3.63) is 0 Å². The van der Waals surface area contributed by atoms with Crippen molar-refractivity contribution in [2.24, 2.45) is 11.8 Å². The molecule has 6 heteroatoms. The molecule has 23 heavy (non-hydrogen) atoms. The lowest BCUT2D eigenvalue weighted by Crippen LogP contribution is -2.47. The molecule has 0 saturated carbocycles. The molecule has 0 aliphatic heterocycles. The van der Waals surface area contributed by atoms with Gasteiger partial charge in [-0.05, 0) is 18.1 Å². The molecule has 0 bridgehead atoms. The first-order valence-electron chi connectivity index (χ1n) is 8.29. The molecule has 0 aliphatic carbocycles. The summed E-state index contributed by atoms with van der Waals surface area (Å²) in [5, 5.41) is 0.0232. The summed E-state index contributed by atoms with van der Waals surface area (Å²) in [6.07, 6.45) is -0.429. The Balaban J connectivity index is 4.86. The highest BCUT2D eigenvalue weighted by atomic mass is 28.4. The van der Waals surface area contributed by atoms with E-state index in [1.807, 2.05) is 0 Å². The normalized spacial score (nSPS) is 12.9. The molecule has 0 unspecified atom stereocenters. The second-order valence-electron chi connectivity index (χ2n) is 8.07. The summed E-state index contributed by atoms with van der Waals surface area (Å²) in [7, 11) is -2.05. The van der Waals surface area contributed by atoms with Gasteiger partial charge in [-0.25, -0.2) is 0 Å². The van der Waals surface area contributed by atoms with E-state index in [2.05, 4.69) is 33.9 Å². The molecule has 0 radical (unpaired) electrons. The van der Waals surface area contributed by atoms with E-state index >= 15 is 0 Å². The highest BCUT2D eigenvalue weighted by Gasteiger charge is 2.39. The first-order chi connectivity index (χ1) is 10.3. The predicted octanol–water partition coefficient (Wildman–Crippen LogP) is 3.78. The summed E-state index contributed by atoms with van der Waals surface area (Å²) >= 11 is 0. The zero-order chi connectivity index (χ0) is 18.4. The lowest BCUT2D eigenvalue weighted by Gasteiger charge is -2.39. The van der Waals surface area contributed by atoms with E-state index in [4.69, 9.17) is 13.9 Å². The fourth-order valence-electron chi connectivity index (χ4n) is 1.39. The van der Waals surface area contributed by atoms with Gasteiger partial charge in [0.1, 0.15) is 19.3 Å². The Labute approximate surface area is 142 Å². The van der Waals surface area contributed by atoms with Gasteiger partial charge >= 0.3 is 11.9 Å². The second-order valence-corrected chi connectivity index (χ2v) is 12.8. The van der Waals surface area contributed by atoms with E-state index in [-0.39, 0.29) is 42.0 Å². The van der Waals surface area contributed by atoms with Gasteiger partial charge in [0, 0.05) is 0 Å². The van der Waals surface area contributed by atoms with Gasteiger partial charge in [0.2, 0.25) is 0 Å². The average molecular weight is 347 g/mol. The highest BCUT2D eigenvalue weighted by Crippen LogP contribution is 2.37. The monoisotopic (exact) mass is 346 g/mol. The van der Waals surface area contributed by atoms with Crippen LogP contribution in [0.3, 0.4) is 0 Å². The van der Waals surface area contributed by atoms with Crippen molar-refractivity contribution in [2.75, 3.05) is 13.2 Å². The van der Waals surface area contributed by atoms with E-state index in [1.54, 1.807) is 27.7 Å². The van der Waals surface area contributed by atoms with Crippen LogP contribution in [0.4, 0.5) is 0 Å². The maximum atomic E-state index is 11.7. The molecular formula is C17H34O5Si. The van der Waals surface area contributed by atoms with Crippen molar-refractivity contribution >= 4 is 20.3 Å². The summed E-state index contributed by atoms with van der Waals surface area (Å²) in [5.74, 6) is -0.934. The van der Waals surface area contributed by atoms with E-state index < -0.39 is 14.4 Å². The van der Waals surface area contributed by atoms with Gasteiger partial charge in [0.05, 0.1) is 11.8 Å². The van der Waals surface area contributed by atoms with Crippen LogP contribution in [0.25, 0.3) is 0 Å². The molecule has 0 N–H and O–H groups in total. The van der Waals surface area contributed by atoms with Crippen LogP contribution >= 0.6 is 0 Å². The Morgan fingerprint density at radius 2 is 1.22 bits per heavy atom. The van der Waals surface area contributed by atoms with E-state index in [1.165, 1.54) is 0 Å². The SMILES string of the molecule is CC(C)C(=O)OCC(COC(=O)C(C)C)O[Si](C)(C)C(C)(C)C.